The zero-order chi connectivity index (χ0) is 13.1. The van der Waals surface area contributed by atoms with Crippen LogP contribution in [0.1, 0.15) is 51.9 Å². The molecular formula is C16H30N2O. The van der Waals surface area contributed by atoms with Gasteiger partial charge >= 0.3 is 0 Å². The van der Waals surface area contributed by atoms with Crippen LogP contribution < -0.4 is 5.32 Å². The molecular weight excluding hydrogens is 236 g/mol. The van der Waals surface area contributed by atoms with Crippen molar-refractivity contribution >= 4 is 0 Å². The summed E-state index contributed by atoms with van der Waals surface area (Å²) in [4.78, 5) is 2.76. The minimum Gasteiger partial charge on any atom is -0.377 e. The van der Waals surface area contributed by atoms with Crippen molar-refractivity contribution in [3.8, 4) is 0 Å². The lowest BCUT2D eigenvalue weighted by atomic mass is 9.82. The van der Waals surface area contributed by atoms with Crippen molar-refractivity contribution in [2.45, 2.75) is 70.1 Å². The molecule has 3 heteroatoms. The lowest BCUT2D eigenvalue weighted by molar-refractivity contribution is 0.0178. The van der Waals surface area contributed by atoms with Gasteiger partial charge in [0.25, 0.3) is 0 Å². The molecule has 3 atom stereocenters. The van der Waals surface area contributed by atoms with E-state index in [1.165, 1.54) is 64.6 Å². The van der Waals surface area contributed by atoms with E-state index < -0.39 is 0 Å². The number of piperazine rings is 1. The van der Waals surface area contributed by atoms with E-state index in [1.807, 2.05) is 0 Å². The van der Waals surface area contributed by atoms with Crippen LogP contribution >= 0.6 is 0 Å². The number of hydrogen-bond acceptors (Lipinski definition) is 3. The van der Waals surface area contributed by atoms with E-state index in [9.17, 15) is 0 Å². The Labute approximate surface area is 118 Å². The van der Waals surface area contributed by atoms with Gasteiger partial charge in [0.05, 0.1) is 6.10 Å². The summed E-state index contributed by atoms with van der Waals surface area (Å²) in [6.07, 6.45) is 10.3. The Morgan fingerprint density at radius 3 is 2.68 bits per heavy atom. The Balaban J connectivity index is 1.61. The average Bonchev–Trinajstić information content (AvgIpc) is 2.93. The SMILES string of the molecule is CC1CN(CC2CCCO2)C(C2CCCCC2)CN1. The molecule has 1 saturated carbocycles. The van der Waals surface area contributed by atoms with Crippen LogP contribution in [0.5, 0.6) is 0 Å². The van der Waals surface area contributed by atoms with Crippen molar-refractivity contribution in [2.24, 2.45) is 5.92 Å². The summed E-state index contributed by atoms with van der Waals surface area (Å²) < 4.78 is 5.86. The maximum Gasteiger partial charge on any atom is 0.0702 e. The first-order valence-corrected chi connectivity index (χ1v) is 8.42. The van der Waals surface area contributed by atoms with E-state index in [2.05, 4.69) is 17.1 Å². The highest BCUT2D eigenvalue weighted by atomic mass is 16.5. The van der Waals surface area contributed by atoms with Gasteiger partial charge in [0.1, 0.15) is 0 Å². The lowest BCUT2D eigenvalue weighted by Gasteiger charge is -2.45. The largest absolute Gasteiger partial charge is 0.377 e. The minimum absolute atomic E-state index is 0.511. The Morgan fingerprint density at radius 2 is 1.95 bits per heavy atom. The van der Waals surface area contributed by atoms with E-state index in [0.717, 1.165) is 18.6 Å². The number of hydrogen-bond donors (Lipinski definition) is 1. The molecule has 2 saturated heterocycles. The number of nitrogens with one attached hydrogen (secondary N) is 1. The highest BCUT2D eigenvalue weighted by Crippen LogP contribution is 2.30. The van der Waals surface area contributed by atoms with Crippen molar-refractivity contribution in [2.75, 3.05) is 26.2 Å². The number of rotatable bonds is 3. The first-order valence-electron chi connectivity index (χ1n) is 8.42. The summed E-state index contributed by atoms with van der Waals surface area (Å²) in [5.41, 5.74) is 0. The Bertz CT molecular complexity index is 272. The molecule has 3 fully saturated rings. The van der Waals surface area contributed by atoms with Crippen LogP contribution in [0.4, 0.5) is 0 Å². The van der Waals surface area contributed by atoms with Crippen molar-refractivity contribution in [1.29, 1.82) is 0 Å². The maximum absolute atomic E-state index is 5.86. The van der Waals surface area contributed by atoms with E-state index in [-0.39, 0.29) is 0 Å². The molecule has 19 heavy (non-hydrogen) atoms. The molecule has 0 aromatic carbocycles. The summed E-state index contributed by atoms with van der Waals surface area (Å²) in [6.45, 7) is 6.88. The monoisotopic (exact) mass is 266 g/mol. The van der Waals surface area contributed by atoms with Gasteiger partial charge in [0.2, 0.25) is 0 Å². The highest BCUT2D eigenvalue weighted by Gasteiger charge is 2.34. The number of nitrogens with zero attached hydrogens (tertiary/aromatic N) is 1. The van der Waals surface area contributed by atoms with Gasteiger partial charge in [-0.25, -0.2) is 0 Å². The maximum atomic E-state index is 5.86. The summed E-state index contributed by atoms with van der Waals surface area (Å²) in [7, 11) is 0. The molecule has 0 spiro atoms. The van der Waals surface area contributed by atoms with Crippen LogP contribution in [0, 0.1) is 5.92 Å². The molecule has 3 rings (SSSR count). The molecule has 2 aliphatic heterocycles. The Morgan fingerprint density at radius 1 is 1.11 bits per heavy atom. The third kappa shape index (κ3) is 3.50. The number of ether oxygens (including phenoxy) is 1. The summed E-state index contributed by atoms with van der Waals surface area (Å²) in [5, 5.41) is 3.70. The molecule has 3 nitrogen and oxygen atoms in total. The van der Waals surface area contributed by atoms with Gasteiger partial charge in [-0.15, -0.1) is 0 Å². The van der Waals surface area contributed by atoms with Gasteiger partial charge in [-0.3, -0.25) is 4.90 Å². The lowest BCUT2D eigenvalue weighted by Crippen LogP contribution is -2.59. The Kier molecular flexibility index (Phi) is 4.78. The molecule has 110 valence electrons. The fourth-order valence-electron chi connectivity index (χ4n) is 4.25. The van der Waals surface area contributed by atoms with Crippen LogP contribution in [0.3, 0.4) is 0 Å². The van der Waals surface area contributed by atoms with E-state index in [1.54, 1.807) is 0 Å². The third-order valence-corrected chi connectivity index (χ3v) is 5.31. The third-order valence-electron chi connectivity index (χ3n) is 5.31. The molecule has 0 aromatic rings. The van der Waals surface area contributed by atoms with Crippen LogP contribution in [-0.4, -0.2) is 49.3 Å². The van der Waals surface area contributed by atoms with Crippen molar-refractivity contribution < 1.29 is 4.74 Å². The smallest absolute Gasteiger partial charge is 0.0702 e. The first-order chi connectivity index (χ1) is 9.33. The van der Waals surface area contributed by atoms with Gasteiger partial charge in [0.15, 0.2) is 0 Å². The van der Waals surface area contributed by atoms with Crippen LogP contribution in [0.25, 0.3) is 0 Å². The normalized spacial score (nSPS) is 38.7. The molecule has 0 bridgehead atoms. The Hall–Kier alpha value is -0.120. The van der Waals surface area contributed by atoms with Crippen LogP contribution in [0.2, 0.25) is 0 Å². The van der Waals surface area contributed by atoms with E-state index in [0.29, 0.717) is 12.1 Å². The molecule has 3 aliphatic rings. The van der Waals surface area contributed by atoms with Crippen LogP contribution in [0.15, 0.2) is 0 Å². The van der Waals surface area contributed by atoms with Gasteiger partial charge < -0.3 is 10.1 Å². The predicted octanol–water partition coefficient (Wildman–Crippen LogP) is 2.41. The predicted molar refractivity (Wildman–Crippen MR) is 78.4 cm³/mol. The van der Waals surface area contributed by atoms with Crippen molar-refractivity contribution in [3.63, 3.8) is 0 Å². The topological polar surface area (TPSA) is 24.5 Å². The van der Waals surface area contributed by atoms with E-state index in [4.69, 9.17) is 4.74 Å². The van der Waals surface area contributed by atoms with Crippen molar-refractivity contribution in [1.82, 2.24) is 10.2 Å². The zero-order valence-electron chi connectivity index (χ0n) is 12.4. The minimum atomic E-state index is 0.511. The summed E-state index contributed by atoms with van der Waals surface area (Å²) in [6, 6.07) is 1.40. The van der Waals surface area contributed by atoms with E-state index >= 15 is 0 Å². The molecule has 0 radical (unpaired) electrons. The average molecular weight is 266 g/mol. The molecule has 1 N–H and O–H groups in total. The van der Waals surface area contributed by atoms with Gasteiger partial charge in [0, 0.05) is 38.3 Å². The molecule has 1 aliphatic carbocycles. The van der Waals surface area contributed by atoms with Crippen molar-refractivity contribution in [3.05, 3.63) is 0 Å². The molecule has 3 unspecified atom stereocenters. The molecule has 0 aromatic heterocycles. The second-order valence-corrected chi connectivity index (χ2v) is 6.86. The quantitative estimate of drug-likeness (QED) is 0.849. The molecule has 2 heterocycles. The second-order valence-electron chi connectivity index (χ2n) is 6.86. The fraction of sp³-hybridized carbons (Fsp3) is 1.00. The molecule has 0 amide bonds. The standard InChI is InChI=1S/C16H30N2O/c1-13-11-18(12-15-8-5-9-19-15)16(10-17-13)14-6-3-2-4-7-14/h13-17H,2-12H2,1H3. The first kappa shape index (κ1) is 13.8. The summed E-state index contributed by atoms with van der Waals surface area (Å²) >= 11 is 0. The van der Waals surface area contributed by atoms with Gasteiger partial charge in [-0.05, 0) is 38.5 Å². The van der Waals surface area contributed by atoms with Gasteiger partial charge in [-0.2, -0.15) is 0 Å². The zero-order valence-corrected chi connectivity index (χ0v) is 12.4. The second kappa shape index (κ2) is 6.55. The highest BCUT2D eigenvalue weighted by molar-refractivity contribution is 4.91. The van der Waals surface area contributed by atoms with Crippen LogP contribution in [-0.2, 0) is 4.74 Å². The van der Waals surface area contributed by atoms with Gasteiger partial charge in [-0.1, -0.05) is 19.3 Å². The fourth-order valence-corrected chi connectivity index (χ4v) is 4.25. The summed E-state index contributed by atoms with van der Waals surface area (Å²) in [5.74, 6) is 0.926.